The van der Waals surface area contributed by atoms with E-state index in [-0.39, 0.29) is 0 Å². The lowest BCUT2D eigenvalue weighted by atomic mass is 10.1. The van der Waals surface area contributed by atoms with Gasteiger partial charge in [-0.05, 0) is 23.8 Å². The summed E-state index contributed by atoms with van der Waals surface area (Å²) in [5.41, 5.74) is 5.54. The maximum absolute atomic E-state index is 4.92. The zero-order valence-electron chi connectivity index (χ0n) is 14.2. The molecule has 0 saturated heterocycles. The van der Waals surface area contributed by atoms with E-state index in [0.717, 1.165) is 28.5 Å². The van der Waals surface area contributed by atoms with Crippen LogP contribution in [0.4, 0.5) is 0 Å². The summed E-state index contributed by atoms with van der Waals surface area (Å²) in [6, 6.07) is 29.1. The number of hydrogen-bond acceptors (Lipinski definition) is 2. The maximum Gasteiger partial charge on any atom is 0.0930 e. The largest absolute Gasteiger partial charge is 0.256 e. The van der Waals surface area contributed by atoms with Crippen molar-refractivity contribution in [2.24, 2.45) is 0 Å². The van der Waals surface area contributed by atoms with Crippen molar-refractivity contribution in [1.29, 1.82) is 0 Å². The van der Waals surface area contributed by atoms with Gasteiger partial charge in [-0.3, -0.25) is 4.98 Å². The minimum absolute atomic E-state index is 0.831. The van der Waals surface area contributed by atoms with Crippen LogP contribution in [0.15, 0.2) is 91.1 Å². The van der Waals surface area contributed by atoms with Crippen LogP contribution in [0.1, 0.15) is 11.3 Å². The molecule has 2 aromatic heterocycles. The van der Waals surface area contributed by atoms with Crippen molar-refractivity contribution in [3.05, 3.63) is 102 Å². The molecule has 26 heavy (non-hydrogen) atoms. The number of para-hydroxylation sites is 1. The van der Waals surface area contributed by atoms with Crippen molar-refractivity contribution < 1.29 is 0 Å². The van der Waals surface area contributed by atoms with Crippen LogP contribution in [-0.2, 0) is 6.42 Å². The van der Waals surface area contributed by atoms with Crippen molar-refractivity contribution in [3.63, 3.8) is 0 Å². The van der Waals surface area contributed by atoms with Crippen LogP contribution in [-0.4, -0.2) is 14.8 Å². The van der Waals surface area contributed by atoms with Gasteiger partial charge < -0.3 is 0 Å². The molecule has 0 unspecified atom stereocenters. The number of nitrogens with zero attached hydrogens (tertiary/aromatic N) is 3. The van der Waals surface area contributed by atoms with Gasteiger partial charge in [-0.25, -0.2) is 4.68 Å². The highest BCUT2D eigenvalue weighted by molar-refractivity contribution is 5.89. The fourth-order valence-electron chi connectivity index (χ4n) is 3.51. The second-order valence-electron chi connectivity index (χ2n) is 6.39. The minimum Gasteiger partial charge on any atom is -0.256 e. The Kier molecular flexibility index (Phi) is 3.49. The highest BCUT2D eigenvalue weighted by atomic mass is 15.3. The first kappa shape index (κ1) is 14.8. The first-order chi connectivity index (χ1) is 12.9. The SMILES string of the molecule is c1ccc(Cc2c3ccccc3nn2-c2ccnc3ccccc23)cc1. The van der Waals surface area contributed by atoms with Crippen LogP contribution in [0, 0.1) is 0 Å². The highest BCUT2D eigenvalue weighted by Gasteiger charge is 2.15. The Morgan fingerprint density at radius 1 is 0.654 bits per heavy atom. The molecule has 0 N–H and O–H groups in total. The maximum atomic E-state index is 4.92. The Balaban J connectivity index is 1.78. The number of fused-ring (bicyclic) bond motifs is 2. The van der Waals surface area contributed by atoms with Gasteiger partial charge in [0.15, 0.2) is 0 Å². The van der Waals surface area contributed by atoms with Crippen molar-refractivity contribution in [1.82, 2.24) is 14.8 Å². The average Bonchev–Trinajstić information content (AvgIpc) is 3.07. The highest BCUT2D eigenvalue weighted by Crippen LogP contribution is 2.27. The minimum atomic E-state index is 0.831. The summed E-state index contributed by atoms with van der Waals surface area (Å²) >= 11 is 0. The molecule has 3 nitrogen and oxygen atoms in total. The summed E-state index contributed by atoms with van der Waals surface area (Å²) < 4.78 is 2.08. The van der Waals surface area contributed by atoms with E-state index >= 15 is 0 Å². The summed E-state index contributed by atoms with van der Waals surface area (Å²) in [6.07, 6.45) is 2.69. The lowest BCUT2D eigenvalue weighted by Gasteiger charge is -2.11. The lowest BCUT2D eigenvalue weighted by Crippen LogP contribution is -2.04. The molecular weight excluding hydrogens is 318 g/mol. The van der Waals surface area contributed by atoms with Gasteiger partial charge in [0.05, 0.1) is 22.4 Å². The van der Waals surface area contributed by atoms with Gasteiger partial charge in [-0.2, -0.15) is 5.10 Å². The van der Waals surface area contributed by atoms with Crippen molar-refractivity contribution in [2.45, 2.75) is 6.42 Å². The zero-order chi connectivity index (χ0) is 17.3. The van der Waals surface area contributed by atoms with Crippen molar-refractivity contribution >= 4 is 21.8 Å². The molecule has 5 aromatic rings. The van der Waals surface area contributed by atoms with Crippen LogP contribution >= 0.6 is 0 Å². The number of rotatable bonds is 3. The summed E-state index contributed by atoms with van der Waals surface area (Å²) in [7, 11) is 0. The smallest absolute Gasteiger partial charge is 0.0930 e. The molecule has 5 rings (SSSR count). The number of hydrogen-bond donors (Lipinski definition) is 0. The molecule has 0 aliphatic rings. The van der Waals surface area contributed by atoms with Gasteiger partial charge in [0, 0.05) is 23.4 Å². The first-order valence-electron chi connectivity index (χ1n) is 8.75. The van der Waals surface area contributed by atoms with Crippen molar-refractivity contribution in [3.8, 4) is 5.69 Å². The van der Waals surface area contributed by atoms with E-state index in [0.29, 0.717) is 0 Å². The monoisotopic (exact) mass is 335 g/mol. The predicted molar refractivity (Wildman–Crippen MR) is 106 cm³/mol. The van der Waals surface area contributed by atoms with E-state index in [4.69, 9.17) is 5.10 Å². The van der Waals surface area contributed by atoms with E-state index in [9.17, 15) is 0 Å². The predicted octanol–water partition coefficient (Wildman–Crippen LogP) is 5.16. The second kappa shape index (κ2) is 6.12. The molecule has 124 valence electrons. The molecule has 0 saturated carbocycles. The van der Waals surface area contributed by atoms with Gasteiger partial charge in [-0.15, -0.1) is 0 Å². The number of aromatic nitrogens is 3. The van der Waals surface area contributed by atoms with Crippen LogP contribution in [0.25, 0.3) is 27.5 Å². The van der Waals surface area contributed by atoms with Gasteiger partial charge >= 0.3 is 0 Å². The summed E-state index contributed by atoms with van der Waals surface area (Å²) in [4.78, 5) is 4.49. The van der Waals surface area contributed by atoms with E-state index in [1.807, 2.05) is 36.5 Å². The molecule has 0 fully saturated rings. The van der Waals surface area contributed by atoms with Gasteiger partial charge in [-0.1, -0.05) is 66.7 Å². The third kappa shape index (κ3) is 2.45. The fraction of sp³-hybridized carbons (Fsp3) is 0.0435. The fourth-order valence-corrected chi connectivity index (χ4v) is 3.51. The van der Waals surface area contributed by atoms with Gasteiger partial charge in [0.2, 0.25) is 0 Å². The number of benzene rings is 3. The van der Waals surface area contributed by atoms with Crippen LogP contribution in [0.3, 0.4) is 0 Å². The molecule has 0 aliphatic carbocycles. The normalized spacial score (nSPS) is 11.2. The lowest BCUT2D eigenvalue weighted by molar-refractivity contribution is 0.841. The third-order valence-corrected chi connectivity index (χ3v) is 4.75. The molecule has 3 aromatic carbocycles. The molecule has 0 radical (unpaired) electrons. The molecule has 0 amide bonds. The summed E-state index contributed by atoms with van der Waals surface area (Å²) in [5.74, 6) is 0. The third-order valence-electron chi connectivity index (χ3n) is 4.75. The topological polar surface area (TPSA) is 30.7 Å². The van der Waals surface area contributed by atoms with Crippen LogP contribution < -0.4 is 0 Å². The summed E-state index contributed by atoms with van der Waals surface area (Å²) in [5, 5.41) is 7.22. The van der Waals surface area contributed by atoms with Gasteiger partial charge in [0.25, 0.3) is 0 Å². The Labute approximate surface area is 151 Å². The molecule has 0 spiro atoms. The Morgan fingerprint density at radius 3 is 2.19 bits per heavy atom. The molecule has 3 heteroatoms. The standard InChI is InChI=1S/C23H17N3/c1-2-8-17(9-3-1)16-23-19-11-5-7-13-21(19)25-26(23)22-14-15-24-20-12-6-4-10-18(20)22/h1-15H,16H2. The van der Waals surface area contributed by atoms with Gasteiger partial charge in [0.1, 0.15) is 0 Å². The molecule has 0 bridgehead atoms. The van der Waals surface area contributed by atoms with E-state index in [2.05, 4.69) is 64.3 Å². The van der Waals surface area contributed by atoms with Crippen LogP contribution in [0.5, 0.6) is 0 Å². The summed E-state index contributed by atoms with van der Waals surface area (Å²) in [6.45, 7) is 0. The average molecular weight is 335 g/mol. The van der Waals surface area contributed by atoms with Crippen molar-refractivity contribution in [2.75, 3.05) is 0 Å². The van der Waals surface area contributed by atoms with Crippen LogP contribution in [0.2, 0.25) is 0 Å². The Morgan fingerprint density at radius 2 is 1.35 bits per heavy atom. The van der Waals surface area contributed by atoms with E-state index < -0.39 is 0 Å². The van der Waals surface area contributed by atoms with E-state index in [1.165, 1.54) is 16.6 Å². The quantitative estimate of drug-likeness (QED) is 0.456. The Hall–Kier alpha value is -3.46. The molecule has 2 heterocycles. The number of pyridine rings is 1. The zero-order valence-corrected chi connectivity index (χ0v) is 14.2. The molecular formula is C23H17N3. The second-order valence-corrected chi connectivity index (χ2v) is 6.39. The molecule has 0 atom stereocenters. The molecule has 0 aliphatic heterocycles. The van der Waals surface area contributed by atoms with E-state index in [1.54, 1.807) is 0 Å². The first-order valence-corrected chi connectivity index (χ1v) is 8.75. The Bertz CT molecular complexity index is 1200.